The van der Waals surface area contributed by atoms with Crippen LogP contribution >= 0.6 is 11.3 Å². The molecule has 0 saturated carbocycles. The SMILES string of the molecule is C[C@H](C(=O)Nc1cccc(C#Cc2cccs2)c1)n1cnc2ccccc21. The first-order chi connectivity index (χ1) is 13.2. The molecule has 0 saturated heterocycles. The molecule has 2 aromatic carbocycles. The van der Waals surface area contributed by atoms with E-state index in [9.17, 15) is 4.79 Å². The first-order valence-corrected chi connectivity index (χ1v) is 9.47. The van der Waals surface area contributed by atoms with Gasteiger partial charge in [0.25, 0.3) is 0 Å². The van der Waals surface area contributed by atoms with Crippen molar-refractivity contribution in [2.24, 2.45) is 0 Å². The molecule has 27 heavy (non-hydrogen) atoms. The van der Waals surface area contributed by atoms with E-state index in [1.54, 1.807) is 17.7 Å². The maximum atomic E-state index is 12.7. The van der Waals surface area contributed by atoms with Gasteiger partial charge in [0.1, 0.15) is 6.04 Å². The van der Waals surface area contributed by atoms with Gasteiger partial charge in [0, 0.05) is 11.3 Å². The summed E-state index contributed by atoms with van der Waals surface area (Å²) in [4.78, 5) is 18.1. The molecule has 4 nitrogen and oxygen atoms in total. The van der Waals surface area contributed by atoms with Gasteiger partial charge in [-0.1, -0.05) is 36.1 Å². The number of aromatic nitrogens is 2. The number of fused-ring (bicyclic) bond motifs is 1. The van der Waals surface area contributed by atoms with Crippen LogP contribution in [0.15, 0.2) is 72.4 Å². The van der Waals surface area contributed by atoms with Gasteiger partial charge in [0.15, 0.2) is 0 Å². The van der Waals surface area contributed by atoms with Crippen LogP contribution in [0.25, 0.3) is 11.0 Å². The van der Waals surface area contributed by atoms with Crippen LogP contribution < -0.4 is 5.32 Å². The van der Waals surface area contributed by atoms with Gasteiger partial charge < -0.3 is 9.88 Å². The summed E-state index contributed by atoms with van der Waals surface area (Å²) < 4.78 is 1.88. The fourth-order valence-corrected chi connectivity index (χ4v) is 3.39. The summed E-state index contributed by atoms with van der Waals surface area (Å²) >= 11 is 1.61. The lowest BCUT2D eigenvalue weighted by molar-refractivity contribution is -0.118. The second-order valence-corrected chi connectivity index (χ2v) is 7.06. The fourth-order valence-electron chi connectivity index (χ4n) is 2.82. The Bertz CT molecular complexity index is 1150. The molecule has 0 radical (unpaired) electrons. The third-order valence-corrected chi connectivity index (χ3v) is 5.04. The number of thiophene rings is 1. The number of carbonyl (C=O) groups excluding carboxylic acids is 1. The first kappa shape index (κ1) is 17.1. The van der Waals surface area contributed by atoms with Gasteiger partial charge >= 0.3 is 0 Å². The van der Waals surface area contributed by atoms with Crippen molar-refractivity contribution in [1.82, 2.24) is 9.55 Å². The Labute approximate surface area is 161 Å². The van der Waals surface area contributed by atoms with Crippen LogP contribution in [0.3, 0.4) is 0 Å². The molecule has 2 aromatic heterocycles. The van der Waals surface area contributed by atoms with Crippen molar-refractivity contribution in [3.63, 3.8) is 0 Å². The Balaban J connectivity index is 1.52. The van der Waals surface area contributed by atoms with Gasteiger partial charge in [0.2, 0.25) is 5.91 Å². The molecule has 1 N–H and O–H groups in total. The predicted octanol–water partition coefficient (Wildman–Crippen LogP) is 4.70. The van der Waals surface area contributed by atoms with Crippen LogP contribution in [0.4, 0.5) is 5.69 Å². The van der Waals surface area contributed by atoms with Crippen molar-refractivity contribution in [3.8, 4) is 11.8 Å². The molecule has 0 aliphatic rings. The number of para-hydroxylation sites is 2. The molecular weight excluding hydrogens is 354 g/mol. The van der Waals surface area contributed by atoms with Crippen LogP contribution in [0, 0.1) is 11.8 Å². The Morgan fingerprint density at radius 1 is 1.11 bits per heavy atom. The van der Waals surface area contributed by atoms with Crippen molar-refractivity contribution in [2.75, 3.05) is 5.32 Å². The van der Waals surface area contributed by atoms with Crippen molar-refractivity contribution in [2.45, 2.75) is 13.0 Å². The van der Waals surface area contributed by atoms with E-state index in [4.69, 9.17) is 0 Å². The number of imidazole rings is 1. The summed E-state index contributed by atoms with van der Waals surface area (Å²) in [5.74, 6) is 6.17. The van der Waals surface area contributed by atoms with Gasteiger partial charge in [-0.2, -0.15) is 0 Å². The summed E-state index contributed by atoms with van der Waals surface area (Å²) in [7, 11) is 0. The molecule has 0 bridgehead atoms. The van der Waals surface area contributed by atoms with Crippen molar-refractivity contribution >= 4 is 34.0 Å². The summed E-state index contributed by atoms with van der Waals surface area (Å²) in [5.41, 5.74) is 3.41. The van der Waals surface area contributed by atoms with E-state index in [0.29, 0.717) is 0 Å². The van der Waals surface area contributed by atoms with E-state index < -0.39 is 0 Å². The molecular formula is C22H17N3OS. The average molecular weight is 371 g/mol. The summed E-state index contributed by atoms with van der Waals surface area (Å²) in [6.45, 7) is 1.86. The smallest absolute Gasteiger partial charge is 0.247 e. The standard InChI is InChI=1S/C22H17N3OS/c1-16(25-15-23-20-9-2-3-10-21(20)25)22(26)24-18-7-4-6-17(14-18)11-12-19-8-5-13-27-19/h2-10,13-16H,1H3,(H,24,26)/t16-/m1/s1. The molecule has 4 aromatic rings. The van der Waals surface area contributed by atoms with Crippen LogP contribution in [0.1, 0.15) is 23.4 Å². The van der Waals surface area contributed by atoms with Crippen molar-refractivity contribution in [3.05, 3.63) is 82.8 Å². The predicted molar refractivity (Wildman–Crippen MR) is 110 cm³/mol. The van der Waals surface area contributed by atoms with E-state index in [2.05, 4.69) is 22.1 Å². The van der Waals surface area contributed by atoms with Crippen LogP contribution in [-0.2, 0) is 4.79 Å². The lowest BCUT2D eigenvalue weighted by atomic mass is 10.2. The second-order valence-electron chi connectivity index (χ2n) is 6.11. The van der Waals surface area contributed by atoms with E-state index in [-0.39, 0.29) is 11.9 Å². The van der Waals surface area contributed by atoms with Crippen LogP contribution in [0.5, 0.6) is 0 Å². The highest BCUT2D eigenvalue weighted by molar-refractivity contribution is 7.10. The maximum absolute atomic E-state index is 12.7. The molecule has 2 heterocycles. The largest absolute Gasteiger partial charge is 0.324 e. The molecule has 0 unspecified atom stereocenters. The number of amides is 1. The number of hydrogen-bond donors (Lipinski definition) is 1. The van der Waals surface area contributed by atoms with Gasteiger partial charge in [-0.05, 0) is 48.7 Å². The average Bonchev–Trinajstić information content (AvgIpc) is 3.36. The molecule has 0 fully saturated rings. The molecule has 0 spiro atoms. The summed E-state index contributed by atoms with van der Waals surface area (Å²) in [5, 5.41) is 4.98. The number of benzene rings is 2. The number of nitrogens with one attached hydrogen (secondary N) is 1. The van der Waals surface area contributed by atoms with Gasteiger partial charge in [-0.25, -0.2) is 4.98 Å². The van der Waals surface area contributed by atoms with Crippen LogP contribution in [-0.4, -0.2) is 15.5 Å². The van der Waals surface area contributed by atoms with E-state index in [0.717, 1.165) is 27.2 Å². The van der Waals surface area contributed by atoms with E-state index >= 15 is 0 Å². The third-order valence-electron chi connectivity index (χ3n) is 4.26. The zero-order valence-corrected chi connectivity index (χ0v) is 15.5. The third kappa shape index (κ3) is 3.76. The summed E-state index contributed by atoms with van der Waals surface area (Å²) in [6.07, 6.45) is 1.71. The number of nitrogens with zero attached hydrogens (tertiary/aromatic N) is 2. The highest BCUT2D eigenvalue weighted by atomic mass is 32.1. The van der Waals surface area contributed by atoms with E-state index in [1.807, 2.05) is 77.5 Å². The Morgan fingerprint density at radius 2 is 2.00 bits per heavy atom. The molecule has 5 heteroatoms. The molecule has 1 atom stereocenters. The quantitative estimate of drug-likeness (QED) is 0.531. The monoisotopic (exact) mass is 371 g/mol. The minimum atomic E-state index is -0.377. The van der Waals surface area contributed by atoms with Crippen LogP contribution in [0.2, 0.25) is 0 Å². The molecule has 1 amide bonds. The van der Waals surface area contributed by atoms with Crippen molar-refractivity contribution in [1.29, 1.82) is 0 Å². The maximum Gasteiger partial charge on any atom is 0.247 e. The van der Waals surface area contributed by atoms with Gasteiger partial charge in [0.05, 0.1) is 22.2 Å². The van der Waals surface area contributed by atoms with Crippen molar-refractivity contribution < 1.29 is 4.79 Å². The number of anilines is 1. The molecule has 0 aliphatic carbocycles. The molecule has 132 valence electrons. The number of rotatable bonds is 3. The van der Waals surface area contributed by atoms with E-state index in [1.165, 1.54) is 0 Å². The van der Waals surface area contributed by atoms with Gasteiger partial charge in [-0.15, -0.1) is 11.3 Å². The minimum Gasteiger partial charge on any atom is -0.324 e. The Kier molecular flexibility index (Phi) is 4.73. The normalized spacial score (nSPS) is 11.6. The molecule has 0 aliphatic heterocycles. The topological polar surface area (TPSA) is 46.9 Å². The lowest BCUT2D eigenvalue weighted by Gasteiger charge is -2.14. The first-order valence-electron chi connectivity index (χ1n) is 8.59. The Hall–Kier alpha value is -3.36. The zero-order valence-electron chi connectivity index (χ0n) is 14.7. The summed E-state index contributed by atoms with van der Waals surface area (Å²) in [6, 6.07) is 19.0. The lowest BCUT2D eigenvalue weighted by Crippen LogP contribution is -2.23. The zero-order chi connectivity index (χ0) is 18.6. The molecule has 4 rings (SSSR count). The fraction of sp³-hybridized carbons (Fsp3) is 0.0909. The highest BCUT2D eigenvalue weighted by Crippen LogP contribution is 2.19. The minimum absolute atomic E-state index is 0.0958. The number of hydrogen-bond acceptors (Lipinski definition) is 3. The van der Waals surface area contributed by atoms with Gasteiger partial charge in [-0.3, -0.25) is 4.79 Å². The highest BCUT2D eigenvalue weighted by Gasteiger charge is 2.17. The second kappa shape index (κ2) is 7.48. The number of carbonyl (C=O) groups is 1. The Morgan fingerprint density at radius 3 is 2.85 bits per heavy atom.